The second-order valence-corrected chi connectivity index (χ2v) is 4.79. The van der Waals surface area contributed by atoms with E-state index >= 15 is 0 Å². The Morgan fingerprint density at radius 3 is 2.63 bits per heavy atom. The van der Waals surface area contributed by atoms with E-state index < -0.39 is 16.4 Å². The molecule has 1 aromatic rings. The van der Waals surface area contributed by atoms with E-state index in [1.54, 1.807) is 13.8 Å². The van der Waals surface area contributed by atoms with Crippen molar-refractivity contribution < 1.29 is 14.5 Å². The third-order valence-electron chi connectivity index (χ3n) is 2.49. The van der Waals surface area contributed by atoms with Crippen LogP contribution in [0.3, 0.4) is 0 Å². The molecule has 0 saturated heterocycles. The molecule has 19 heavy (non-hydrogen) atoms. The van der Waals surface area contributed by atoms with E-state index in [-0.39, 0.29) is 17.8 Å². The van der Waals surface area contributed by atoms with E-state index in [2.05, 4.69) is 5.32 Å². The number of carbonyl (C=O) groups excluding carboxylic acids is 1. The maximum Gasteiger partial charge on any atom is 0.292 e. The van der Waals surface area contributed by atoms with E-state index in [0.29, 0.717) is 5.75 Å². The molecule has 0 aliphatic heterocycles. The SMILES string of the molecule is COc1ccc([N+](=O)[O-])c(NC(C)(C)CC(N)=O)c1. The average Bonchev–Trinajstić information content (AvgIpc) is 2.25. The predicted octanol–water partition coefficient (Wildman–Crippen LogP) is 1.67. The summed E-state index contributed by atoms with van der Waals surface area (Å²) < 4.78 is 5.03. The molecule has 0 aliphatic carbocycles. The van der Waals surface area contributed by atoms with Gasteiger partial charge in [0, 0.05) is 24.1 Å². The van der Waals surface area contributed by atoms with Crippen LogP contribution in [-0.4, -0.2) is 23.5 Å². The highest BCUT2D eigenvalue weighted by Gasteiger charge is 2.24. The molecule has 0 aliphatic rings. The molecule has 0 unspecified atom stereocenters. The van der Waals surface area contributed by atoms with Gasteiger partial charge in [-0.25, -0.2) is 0 Å². The quantitative estimate of drug-likeness (QED) is 0.602. The second kappa shape index (κ2) is 5.55. The lowest BCUT2D eigenvalue weighted by Gasteiger charge is -2.26. The van der Waals surface area contributed by atoms with Gasteiger partial charge in [0.25, 0.3) is 5.69 Å². The molecule has 3 N–H and O–H groups in total. The minimum absolute atomic E-state index is 0.0569. The van der Waals surface area contributed by atoms with Gasteiger partial charge in [-0.2, -0.15) is 0 Å². The largest absolute Gasteiger partial charge is 0.497 e. The zero-order valence-corrected chi connectivity index (χ0v) is 11.1. The normalized spacial score (nSPS) is 10.9. The number of carbonyl (C=O) groups is 1. The van der Waals surface area contributed by atoms with Gasteiger partial charge in [0.15, 0.2) is 0 Å². The van der Waals surface area contributed by atoms with E-state index in [1.165, 1.54) is 25.3 Å². The third kappa shape index (κ3) is 4.13. The standard InChI is InChI=1S/C12H17N3O4/c1-12(2,7-11(13)16)14-9-6-8(19-3)4-5-10(9)15(17)18/h4-6,14H,7H2,1-3H3,(H2,13,16). The monoisotopic (exact) mass is 267 g/mol. The number of hydrogen-bond donors (Lipinski definition) is 2. The maximum absolute atomic E-state index is 11.0. The molecule has 7 heteroatoms. The number of nitro benzene ring substituents is 1. The molecular weight excluding hydrogens is 250 g/mol. The first-order chi connectivity index (χ1) is 8.75. The van der Waals surface area contributed by atoms with Crippen molar-refractivity contribution in [1.82, 2.24) is 0 Å². The van der Waals surface area contributed by atoms with Crippen LogP contribution in [-0.2, 0) is 4.79 Å². The van der Waals surface area contributed by atoms with Crippen LogP contribution in [0.15, 0.2) is 18.2 Å². The molecule has 1 aromatic carbocycles. The molecule has 0 fully saturated rings. The molecular formula is C12H17N3O4. The summed E-state index contributed by atoms with van der Waals surface area (Å²) in [6, 6.07) is 4.37. The van der Waals surface area contributed by atoms with Gasteiger partial charge in [-0.3, -0.25) is 14.9 Å². The number of primary amides is 1. The van der Waals surface area contributed by atoms with E-state index in [9.17, 15) is 14.9 Å². The highest BCUT2D eigenvalue weighted by molar-refractivity contribution is 5.76. The Bertz CT molecular complexity index is 500. The molecule has 0 spiro atoms. The third-order valence-corrected chi connectivity index (χ3v) is 2.49. The van der Waals surface area contributed by atoms with Crippen molar-refractivity contribution in [2.45, 2.75) is 25.8 Å². The van der Waals surface area contributed by atoms with Crippen LogP contribution in [0.2, 0.25) is 0 Å². The topological polar surface area (TPSA) is 107 Å². The van der Waals surface area contributed by atoms with Crippen LogP contribution in [0.5, 0.6) is 5.75 Å². The van der Waals surface area contributed by atoms with Crippen molar-refractivity contribution in [2.24, 2.45) is 5.73 Å². The molecule has 0 atom stereocenters. The van der Waals surface area contributed by atoms with Crippen LogP contribution in [0.1, 0.15) is 20.3 Å². The van der Waals surface area contributed by atoms with Crippen molar-refractivity contribution in [2.75, 3.05) is 12.4 Å². The van der Waals surface area contributed by atoms with Gasteiger partial charge in [-0.15, -0.1) is 0 Å². The molecule has 0 heterocycles. The lowest BCUT2D eigenvalue weighted by atomic mass is 9.99. The van der Waals surface area contributed by atoms with Gasteiger partial charge in [-0.1, -0.05) is 0 Å². The first kappa shape index (κ1) is 14.7. The van der Waals surface area contributed by atoms with Gasteiger partial charge < -0.3 is 15.8 Å². The zero-order chi connectivity index (χ0) is 14.6. The van der Waals surface area contributed by atoms with Crippen molar-refractivity contribution in [3.8, 4) is 5.75 Å². The maximum atomic E-state index is 11.0. The molecule has 0 saturated carbocycles. The second-order valence-electron chi connectivity index (χ2n) is 4.79. The molecule has 0 radical (unpaired) electrons. The van der Waals surface area contributed by atoms with Gasteiger partial charge in [-0.05, 0) is 19.9 Å². The highest BCUT2D eigenvalue weighted by atomic mass is 16.6. The van der Waals surface area contributed by atoms with E-state index in [1.807, 2.05) is 0 Å². The van der Waals surface area contributed by atoms with Crippen LogP contribution in [0.4, 0.5) is 11.4 Å². The van der Waals surface area contributed by atoms with E-state index in [4.69, 9.17) is 10.5 Å². The number of amides is 1. The predicted molar refractivity (Wildman–Crippen MR) is 71.2 cm³/mol. The van der Waals surface area contributed by atoms with Gasteiger partial charge >= 0.3 is 0 Å². The Balaban J connectivity index is 3.10. The van der Waals surface area contributed by atoms with Gasteiger partial charge in [0.05, 0.1) is 12.0 Å². The number of nitrogens with two attached hydrogens (primary N) is 1. The summed E-state index contributed by atoms with van der Waals surface area (Å²) in [6.07, 6.45) is 0.0569. The first-order valence-electron chi connectivity index (χ1n) is 5.64. The molecule has 104 valence electrons. The van der Waals surface area contributed by atoms with Crippen molar-refractivity contribution in [3.05, 3.63) is 28.3 Å². The van der Waals surface area contributed by atoms with Gasteiger partial charge in [0.1, 0.15) is 11.4 Å². The fraction of sp³-hybridized carbons (Fsp3) is 0.417. The number of nitrogens with one attached hydrogen (secondary N) is 1. The number of nitrogens with zero attached hydrogens (tertiary/aromatic N) is 1. The Morgan fingerprint density at radius 1 is 1.53 bits per heavy atom. The highest BCUT2D eigenvalue weighted by Crippen LogP contribution is 2.31. The number of anilines is 1. The van der Waals surface area contributed by atoms with Crippen molar-refractivity contribution in [3.63, 3.8) is 0 Å². The summed E-state index contributed by atoms with van der Waals surface area (Å²) in [6.45, 7) is 3.47. The Labute approximate surface area is 110 Å². The van der Waals surface area contributed by atoms with Crippen LogP contribution < -0.4 is 15.8 Å². The molecule has 1 amide bonds. The average molecular weight is 267 g/mol. The number of hydrogen-bond acceptors (Lipinski definition) is 5. The van der Waals surface area contributed by atoms with E-state index in [0.717, 1.165) is 0 Å². The Hall–Kier alpha value is -2.31. The van der Waals surface area contributed by atoms with Gasteiger partial charge in [0.2, 0.25) is 5.91 Å². The summed E-state index contributed by atoms with van der Waals surface area (Å²) >= 11 is 0. The minimum atomic E-state index is -0.692. The lowest BCUT2D eigenvalue weighted by Crippen LogP contribution is -2.36. The summed E-state index contributed by atoms with van der Waals surface area (Å²) in [5.74, 6) is 0.00558. The summed E-state index contributed by atoms with van der Waals surface area (Å²) in [7, 11) is 1.47. The van der Waals surface area contributed by atoms with Crippen LogP contribution in [0.25, 0.3) is 0 Å². The number of benzene rings is 1. The Morgan fingerprint density at radius 2 is 2.16 bits per heavy atom. The summed E-state index contributed by atoms with van der Waals surface area (Å²) in [4.78, 5) is 21.4. The Kier molecular flexibility index (Phi) is 4.31. The number of ether oxygens (including phenoxy) is 1. The summed E-state index contributed by atoms with van der Waals surface area (Å²) in [5, 5.41) is 13.9. The van der Waals surface area contributed by atoms with Crippen molar-refractivity contribution in [1.29, 1.82) is 0 Å². The van der Waals surface area contributed by atoms with Crippen LogP contribution in [0, 0.1) is 10.1 Å². The zero-order valence-electron chi connectivity index (χ0n) is 11.1. The molecule has 1 rings (SSSR count). The fourth-order valence-electron chi connectivity index (χ4n) is 1.75. The number of rotatable bonds is 6. The van der Waals surface area contributed by atoms with Crippen molar-refractivity contribution >= 4 is 17.3 Å². The van der Waals surface area contributed by atoms with Crippen LogP contribution >= 0.6 is 0 Å². The molecule has 7 nitrogen and oxygen atoms in total. The molecule has 0 bridgehead atoms. The number of nitro groups is 1. The fourth-order valence-corrected chi connectivity index (χ4v) is 1.75. The smallest absolute Gasteiger partial charge is 0.292 e. The lowest BCUT2D eigenvalue weighted by molar-refractivity contribution is -0.384. The first-order valence-corrected chi connectivity index (χ1v) is 5.64. The molecule has 0 aromatic heterocycles. The number of methoxy groups -OCH3 is 1. The minimum Gasteiger partial charge on any atom is -0.497 e. The summed E-state index contributed by atoms with van der Waals surface area (Å²) in [5.41, 5.74) is 4.66.